The summed E-state index contributed by atoms with van der Waals surface area (Å²) < 4.78 is 69.4. The molecule has 0 N–H and O–H groups in total. The Labute approximate surface area is 121 Å². The van der Waals surface area contributed by atoms with Crippen LogP contribution < -0.4 is 4.74 Å². The molecule has 0 aromatic heterocycles. The molecule has 1 nitrogen and oxygen atoms in total. The van der Waals surface area contributed by atoms with Gasteiger partial charge in [0.15, 0.2) is 17.4 Å². The summed E-state index contributed by atoms with van der Waals surface area (Å²) in [6.07, 6.45) is -4.84. The van der Waals surface area contributed by atoms with E-state index in [0.717, 1.165) is 0 Å². The van der Waals surface area contributed by atoms with Crippen molar-refractivity contribution < 1.29 is 26.7 Å². The number of benzene rings is 2. The van der Waals surface area contributed by atoms with Crippen molar-refractivity contribution in [1.82, 2.24) is 0 Å². The highest BCUT2D eigenvalue weighted by molar-refractivity contribution is 6.31. The van der Waals surface area contributed by atoms with Gasteiger partial charge in [-0.25, -0.2) is 8.78 Å². The fraction of sp³-hybridized carbons (Fsp3) is 0.143. The zero-order valence-electron chi connectivity index (χ0n) is 10.6. The van der Waals surface area contributed by atoms with E-state index in [1.807, 2.05) is 0 Å². The van der Waals surface area contributed by atoms with Gasteiger partial charge in [-0.15, -0.1) is 0 Å². The summed E-state index contributed by atoms with van der Waals surface area (Å²) >= 11 is 5.79. The van der Waals surface area contributed by atoms with Crippen molar-refractivity contribution in [3.05, 3.63) is 58.1 Å². The van der Waals surface area contributed by atoms with Crippen LogP contribution in [0.1, 0.15) is 11.1 Å². The molecule has 0 bridgehead atoms. The molecule has 7 heteroatoms. The van der Waals surface area contributed by atoms with Gasteiger partial charge < -0.3 is 4.74 Å². The van der Waals surface area contributed by atoms with Crippen molar-refractivity contribution in [2.24, 2.45) is 0 Å². The number of hydrogen-bond donors (Lipinski definition) is 0. The van der Waals surface area contributed by atoms with E-state index in [1.165, 1.54) is 18.2 Å². The van der Waals surface area contributed by atoms with Gasteiger partial charge >= 0.3 is 6.18 Å². The molecule has 2 aromatic carbocycles. The Bertz CT molecular complexity index is 659. The van der Waals surface area contributed by atoms with Crippen LogP contribution in [0.4, 0.5) is 22.0 Å². The first-order valence-electron chi connectivity index (χ1n) is 5.68. The molecule has 2 rings (SSSR count). The van der Waals surface area contributed by atoms with Gasteiger partial charge in [-0.3, -0.25) is 0 Å². The summed E-state index contributed by atoms with van der Waals surface area (Å²) in [5.41, 5.74) is -0.820. The van der Waals surface area contributed by atoms with E-state index >= 15 is 0 Å². The van der Waals surface area contributed by atoms with Gasteiger partial charge in [-0.1, -0.05) is 11.6 Å². The van der Waals surface area contributed by atoms with Crippen LogP contribution in [0.5, 0.6) is 11.5 Å². The lowest BCUT2D eigenvalue weighted by Crippen LogP contribution is -2.07. The van der Waals surface area contributed by atoms with Gasteiger partial charge in [-0.05, 0) is 42.8 Å². The summed E-state index contributed by atoms with van der Waals surface area (Å²) in [4.78, 5) is 0. The van der Waals surface area contributed by atoms with Crippen LogP contribution in [0.3, 0.4) is 0 Å². The minimum Gasteiger partial charge on any atom is -0.451 e. The van der Waals surface area contributed by atoms with Crippen molar-refractivity contribution in [2.75, 3.05) is 0 Å². The lowest BCUT2D eigenvalue weighted by atomic mass is 10.2. The van der Waals surface area contributed by atoms with Crippen molar-refractivity contribution in [1.29, 1.82) is 0 Å². The molecular formula is C14H8ClF5O. The quantitative estimate of drug-likeness (QED) is 0.641. The molecule has 0 amide bonds. The molecule has 0 unspecified atom stereocenters. The molecule has 112 valence electrons. The molecular weight excluding hydrogens is 315 g/mol. The fourth-order valence-corrected chi connectivity index (χ4v) is 1.74. The van der Waals surface area contributed by atoms with E-state index in [9.17, 15) is 22.0 Å². The monoisotopic (exact) mass is 322 g/mol. The molecule has 0 spiro atoms. The highest BCUT2D eigenvalue weighted by atomic mass is 35.5. The Morgan fingerprint density at radius 2 is 1.57 bits per heavy atom. The van der Waals surface area contributed by atoms with Crippen LogP contribution in [0, 0.1) is 18.6 Å². The topological polar surface area (TPSA) is 9.23 Å². The zero-order valence-corrected chi connectivity index (χ0v) is 11.3. The Morgan fingerprint density at radius 3 is 2.05 bits per heavy atom. The van der Waals surface area contributed by atoms with Crippen LogP contribution in [-0.2, 0) is 6.18 Å². The van der Waals surface area contributed by atoms with Crippen molar-refractivity contribution in [3.8, 4) is 11.5 Å². The second-order valence-electron chi connectivity index (χ2n) is 4.28. The minimum absolute atomic E-state index is 0.0643. The summed E-state index contributed by atoms with van der Waals surface area (Å²) in [6, 6.07) is 4.58. The second-order valence-corrected chi connectivity index (χ2v) is 4.69. The summed E-state index contributed by atoms with van der Waals surface area (Å²) in [5, 5.41) is 0.427. The number of halogens is 6. The molecule has 0 aliphatic carbocycles. The smallest absolute Gasteiger partial charge is 0.416 e. The van der Waals surface area contributed by atoms with Gasteiger partial charge in [0.25, 0.3) is 0 Å². The Balaban J connectivity index is 2.39. The Morgan fingerprint density at radius 1 is 1.00 bits per heavy atom. The van der Waals surface area contributed by atoms with E-state index < -0.39 is 29.1 Å². The van der Waals surface area contributed by atoms with E-state index in [0.29, 0.717) is 10.6 Å². The SMILES string of the molecule is Cc1cc(Oc2c(F)cc(C(F)(F)F)cc2F)ccc1Cl. The maximum Gasteiger partial charge on any atom is 0.416 e. The first-order valence-corrected chi connectivity index (χ1v) is 6.06. The predicted octanol–water partition coefficient (Wildman–Crippen LogP) is 5.74. The normalized spacial score (nSPS) is 11.6. The standard InChI is InChI=1S/C14H8ClF5O/c1-7-4-9(2-3-10(7)15)21-13-11(16)5-8(6-12(13)17)14(18,19)20/h2-6H,1H3. The van der Waals surface area contributed by atoms with Crippen LogP contribution in [0.15, 0.2) is 30.3 Å². The lowest BCUT2D eigenvalue weighted by molar-refractivity contribution is -0.138. The Hall–Kier alpha value is -1.82. The third-order valence-corrected chi connectivity index (χ3v) is 3.10. The van der Waals surface area contributed by atoms with Crippen LogP contribution >= 0.6 is 11.6 Å². The maximum atomic E-state index is 13.6. The molecule has 0 aliphatic rings. The molecule has 0 heterocycles. The predicted molar refractivity (Wildman–Crippen MR) is 67.6 cm³/mol. The van der Waals surface area contributed by atoms with Crippen LogP contribution in [-0.4, -0.2) is 0 Å². The van der Waals surface area contributed by atoms with E-state index in [2.05, 4.69) is 0 Å². The third kappa shape index (κ3) is 3.44. The summed E-state index contributed by atoms with van der Waals surface area (Å²) in [6.45, 7) is 1.65. The average molecular weight is 323 g/mol. The zero-order chi connectivity index (χ0) is 15.8. The van der Waals surface area contributed by atoms with E-state index in [1.54, 1.807) is 6.92 Å². The highest BCUT2D eigenvalue weighted by Crippen LogP contribution is 2.36. The molecule has 0 fully saturated rings. The summed E-state index contributed by atoms with van der Waals surface area (Å²) in [7, 11) is 0. The van der Waals surface area contributed by atoms with Gasteiger partial charge in [0.1, 0.15) is 5.75 Å². The number of rotatable bonds is 2. The summed E-state index contributed by atoms with van der Waals surface area (Å²) in [5.74, 6) is -3.70. The first-order chi connectivity index (χ1) is 9.68. The molecule has 0 radical (unpaired) electrons. The third-order valence-electron chi connectivity index (χ3n) is 2.67. The van der Waals surface area contributed by atoms with E-state index in [4.69, 9.17) is 16.3 Å². The second kappa shape index (κ2) is 5.52. The number of hydrogen-bond acceptors (Lipinski definition) is 1. The Kier molecular flexibility index (Phi) is 4.09. The van der Waals surface area contributed by atoms with Crippen molar-refractivity contribution in [2.45, 2.75) is 13.1 Å². The largest absolute Gasteiger partial charge is 0.451 e. The minimum atomic E-state index is -4.84. The molecule has 0 saturated heterocycles. The van der Waals surface area contributed by atoms with Crippen LogP contribution in [0.2, 0.25) is 5.02 Å². The molecule has 0 atom stereocenters. The first kappa shape index (κ1) is 15.6. The molecule has 0 saturated carbocycles. The number of ether oxygens (including phenoxy) is 1. The number of aryl methyl sites for hydroxylation is 1. The number of alkyl halides is 3. The van der Waals surface area contributed by atoms with Crippen molar-refractivity contribution >= 4 is 11.6 Å². The van der Waals surface area contributed by atoms with Crippen molar-refractivity contribution in [3.63, 3.8) is 0 Å². The van der Waals surface area contributed by atoms with Crippen LogP contribution in [0.25, 0.3) is 0 Å². The van der Waals surface area contributed by atoms with E-state index in [-0.39, 0.29) is 17.9 Å². The highest BCUT2D eigenvalue weighted by Gasteiger charge is 2.33. The molecule has 21 heavy (non-hydrogen) atoms. The van der Waals surface area contributed by atoms with Gasteiger partial charge in [0.2, 0.25) is 0 Å². The lowest BCUT2D eigenvalue weighted by Gasteiger charge is -2.12. The molecule has 2 aromatic rings. The van der Waals surface area contributed by atoms with Gasteiger partial charge in [0.05, 0.1) is 5.56 Å². The fourth-order valence-electron chi connectivity index (χ4n) is 1.62. The van der Waals surface area contributed by atoms with Gasteiger partial charge in [0, 0.05) is 5.02 Å². The molecule has 0 aliphatic heterocycles. The van der Waals surface area contributed by atoms with Gasteiger partial charge in [-0.2, -0.15) is 13.2 Å². The average Bonchev–Trinajstić information content (AvgIpc) is 2.36. The maximum absolute atomic E-state index is 13.6.